The van der Waals surface area contributed by atoms with Gasteiger partial charge in [0.05, 0.1) is 18.5 Å². The third-order valence-electron chi connectivity index (χ3n) is 5.87. The van der Waals surface area contributed by atoms with Gasteiger partial charge in [0, 0.05) is 24.3 Å². The number of nitrogens with zero attached hydrogens (tertiary/aromatic N) is 1. The van der Waals surface area contributed by atoms with Gasteiger partial charge >= 0.3 is 0 Å². The molecule has 1 aliphatic heterocycles. The van der Waals surface area contributed by atoms with Crippen LogP contribution in [0.4, 0.5) is 17.1 Å². The van der Waals surface area contributed by atoms with E-state index < -0.39 is 10.0 Å². The van der Waals surface area contributed by atoms with E-state index >= 15 is 0 Å². The van der Waals surface area contributed by atoms with Gasteiger partial charge in [-0.3, -0.25) is 9.52 Å². The monoisotopic (exact) mass is 479 g/mol. The highest BCUT2D eigenvalue weighted by atomic mass is 32.2. The van der Waals surface area contributed by atoms with Crippen LogP contribution in [0.2, 0.25) is 0 Å². The van der Waals surface area contributed by atoms with Crippen molar-refractivity contribution in [3.8, 4) is 5.75 Å². The van der Waals surface area contributed by atoms with Crippen LogP contribution in [0.15, 0.2) is 71.6 Å². The van der Waals surface area contributed by atoms with Gasteiger partial charge in [-0.15, -0.1) is 0 Å². The Bertz CT molecular complexity index is 1270. The van der Waals surface area contributed by atoms with Gasteiger partial charge in [0.25, 0.3) is 15.9 Å². The highest BCUT2D eigenvalue weighted by molar-refractivity contribution is 7.92. The summed E-state index contributed by atoms with van der Waals surface area (Å²) in [7, 11) is -2.59. The molecule has 8 heteroatoms. The third kappa shape index (κ3) is 5.34. The number of methoxy groups -OCH3 is 1. The van der Waals surface area contributed by atoms with Crippen LogP contribution < -0.4 is 19.7 Å². The summed E-state index contributed by atoms with van der Waals surface area (Å²) in [5.74, 6) is -0.233. The number of aryl methyl sites for hydroxylation is 1. The number of hydrogen-bond donors (Lipinski definition) is 2. The number of piperidine rings is 1. The first kappa shape index (κ1) is 23.6. The van der Waals surface area contributed by atoms with Crippen molar-refractivity contribution in [1.82, 2.24) is 0 Å². The highest BCUT2D eigenvalue weighted by Gasteiger charge is 2.23. The predicted octanol–water partition coefficient (Wildman–Crippen LogP) is 5.05. The first-order valence-electron chi connectivity index (χ1n) is 11.3. The number of hydrogen-bond acceptors (Lipinski definition) is 5. The van der Waals surface area contributed by atoms with Crippen molar-refractivity contribution in [2.24, 2.45) is 0 Å². The number of anilines is 3. The van der Waals surface area contributed by atoms with Gasteiger partial charge in [-0.1, -0.05) is 29.8 Å². The van der Waals surface area contributed by atoms with E-state index in [1.807, 2.05) is 43.3 Å². The average Bonchev–Trinajstić information content (AvgIpc) is 2.86. The van der Waals surface area contributed by atoms with Crippen LogP contribution in [0.5, 0.6) is 5.75 Å². The van der Waals surface area contributed by atoms with Gasteiger partial charge in [-0.2, -0.15) is 0 Å². The second-order valence-electron chi connectivity index (χ2n) is 8.36. The molecule has 3 aromatic rings. The number of nitrogens with one attached hydrogen (secondary N) is 2. The van der Waals surface area contributed by atoms with Gasteiger partial charge in [-0.05, 0) is 68.7 Å². The molecule has 0 saturated carbocycles. The molecular formula is C26H29N3O4S. The molecule has 1 aliphatic rings. The van der Waals surface area contributed by atoms with Crippen LogP contribution in [-0.2, 0) is 10.0 Å². The lowest BCUT2D eigenvalue weighted by Crippen LogP contribution is -2.30. The molecule has 1 saturated heterocycles. The molecule has 178 valence electrons. The summed E-state index contributed by atoms with van der Waals surface area (Å²) in [6, 6.07) is 19.1. The van der Waals surface area contributed by atoms with Crippen molar-refractivity contribution in [2.45, 2.75) is 31.1 Å². The molecule has 3 aromatic carbocycles. The van der Waals surface area contributed by atoms with Crippen molar-refractivity contribution in [1.29, 1.82) is 0 Å². The zero-order chi connectivity index (χ0) is 24.1. The van der Waals surface area contributed by atoms with E-state index in [4.69, 9.17) is 4.74 Å². The SMILES string of the molecule is COc1ccc(C(=O)Nc2ccccc2N2CCCCC2)cc1S(=O)(=O)Nc1ccc(C)cc1. The maximum absolute atomic E-state index is 13.1. The number of carbonyl (C=O) groups excluding carboxylic acids is 1. The van der Waals surface area contributed by atoms with Crippen LogP contribution in [0.1, 0.15) is 35.2 Å². The molecule has 1 heterocycles. The number of benzene rings is 3. The fraction of sp³-hybridized carbons (Fsp3) is 0.269. The summed E-state index contributed by atoms with van der Waals surface area (Å²) >= 11 is 0. The zero-order valence-corrected chi connectivity index (χ0v) is 20.2. The van der Waals surface area contributed by atoms with E-state index in [0.29, 0.717) is 11.4 Å². The van der Waals surface area contributed by atoms with Crippen LogP contribution in [0.3, 0.4) is 0 Å². The molecule has 4 rings (SSSR count). The van der Waals surface area contributed by atoms with Gasteiger partial charge in [0.1, 0.15) is 10.6 Å². The molecule has 7 nitrogen and oxygen atoms in total. The van der Waals surface area contributed by atoms with E-state index in [0.717, 1.165) is 37.2 Å². The molecule has 0 unspecified atom stereocenters. The van der Waals surface area contributed by atoms with Gasteiger partial charge < -0.3 is 15.0 Å². The fourth-order valence-corrected chi connectivity index (χ4v) is 5.30. The molecule has 0 aromatic heterocycles. The van der Waals surface area contributed by atoms with Crippen molar-refractivity contribution in [3.63, 3.8) is 0 Å². The first-order valence-corrected chi connectivity index (χ1v) is 12.8. The number of sulfonamides is 1. The minimum Gasteiger partial charge on any atom is -0.495 e. The Labute approximate surface area is 200 Å². The van der Waals surface area contributed by atoms with Crippen molar-refractivity contribution in [2.75, 3.05) is 35.1 Å². The summed E-state index contributed by atoms with van der Waals surface area (Å²) in [6.45, 7) is 3.82. The topological polar surface area (TPSA) is 87.7 Å². The first-order chi connectivity index (χ1) is 16.4. The molecular weight excluding hydrogens is 450 g/mol. The van der Waals surface area contributed by atoms with Crippen LogP contribution >= 0.6 is 0 Å². The van der Waals surface area contributed by atoms with Crippen LogP contribution in [0.25, 0.3) is 0 Å². The van der Waals surface area contributed by atoms with Gasteiger partial charge in [0.15, 0.2) is 0 Å². The number of ether oxygens (including phenoxy) is 1. The Balaban J connectivity index is 1.60. The average molecular weight is 480 g/mol. The smallest absolute Gasteiger partial charge is 0.265 e. The summed E-state index contributed by atoms with van der Waals surface area (Å²) in [4.78, 5) is 15.3. The van der Waals surface area contributed by atoms with E-state index in [1.165, 1.54) is 25.7 Å². The Morgan fingerprint density at radius 1 is 0.941 bits per heavy atom. The number of para-hydroxylation sites is 2. The Morgan fingerprint density at radius 2 is 1.65 bits per heavy atom. The number of carbonyl (C=O) groups is 1. The maximum atomic E-state index is 13.1. The standard InChI is InChI=1S/C26H29N3O4S/c1-19-10-13-21(14-11-19)28-34(31,32)25-18-20(12-15-24(25)33-2)26(30)27-22-8-4-5-9-23(22)29-16-6-3-7-17-29/h4-5,8-15,18,28H,3,6-7,16-17H2,1-2H3,(H,27,30). The Morgan fingerprint density at radius 3 is 2.35 bits per heavy atom. The predicted molar refractivity (Wildman–Crippen MR) is 135 cm³/mol. The normalized spacial score (nSPS) is 13.9. The second-order valence-corrected chi connectivity index (χ2v) is 10.0. The molecule has 1 amide bonds. The molecule has 0 spiro atoms. The van der Waals surface area contributed by atoms with Crippen molar-refractivity contribution >= 4 is 33.0 Å². The lowest BCUT2D eigenvalue weighted by atomic mass is 10.1. The number of amides is 1. The third-order valence-corrected chi connectivity index (χ3v) is 7.27. The molecule has 0 atom stereocenters. The molecule has 0 bridgehead atoms. The lowest BCUT2D eigenvalue weighted by molar-refractivity contribution is 0.102. The van der Waals surface area contributed by atoms with E-state index in [9.17, 15) is 13.2 Å². The van der Waals surface area contributed by atoms with Crippen molar-refractivity contribution in [3.05, 3.63) is 77.9 Å². The van der Waals surface area contributed by atoms with Gasteiger partial charge in [0.2, 0.25) is 0 Å². The fourth-order valence-electron chi connectivity index (χ4n) is 4.04. The van der Waals surface area contributed by atoms with Crippen LogP contribution in [-0.4, -0.2) is 34.5 Å². The largest absolute Gasteiger partial charge is 0.495 e. The summed E-state index contributed by atoms with van der Waals surface area (Å²) in [5, 5.41) is 2.96. The second kappa shape index (κ2) is 10.2. The molecule has 1 fully saturated rings. The number of rotatable bonds is 7. The quantitative estimate of drug-likeness (QED) is 0.495. The molecule has 0 radical (unpaired) electrons. The summed E-state index contributed by atoms with van der Waals surface area (Å²) < 4.78 is 34.1. The maximum Gasteiger partial charge on any atom is 0.265 e. The lowest BCUT2D eigenvalue weighted by Gasteiger charge is -2.30. The van der Waals surface area contributed by atoms with Crippen molar-refractivity contribution < 1.29 is 17.9 Å². The van der Waals surface area contributed by atoms with E-state index in [-0.39, 0.29) is 22.1 Å². The molecule has 34 heavy (non-hydrogen) atoms. The zero-order valence-electron chi connectivity index (χ0n) is 19.4. The molecule has 0 aliphatic carbocycles. The summed E-state index contributed by atoms with van der Waals surface area (Å²) in [5.41, 5.74) is 3.34. The highest BCUT2D eigenvalue weighted by Crippen LogP contribution is 2.30. The van der Waals surface area contributed by atoms with Crippen LogP contribution in [0, 0.1) is 6.92 Å². The minimum absolute atomic E-state index is 0.104. The van der Waals surface area contributed by atoms with E-state index in [1.54, 1.807) is 18.2 Å². The molecule has 2 N–H and O–H groups in total. The Kier molecular flexibility index (Phi) is 7.07. The Hall–Kier alpha value is -3.52. The minimum atomic E-state index is -3.99. The van der Waals surface area contributed by atoms with E-state index in [2.05, 4.69) is 14.9 Å². The summed E-state index contributed by atoms with van der Waals surface area (Å²) in [6.07, 6.45) is 3.46. The van der Waals surface area contributed by atoms with Gasteiger partial charge in [-0.25, -0.2) is 8.42 Å².